The second-order valence-electron chi connectivity index (χ2n) is 7.17. The van der Waals surface area contributed by atoms with Crippen molar-refractivity contribution in [3.8, 4) is 17.1 Å². The molecule has 1 amide bonds. The van der Waals surface area contributed by atoms with E-state index >= 15 is 0 Å². The zero-order valence-corrected chi connectivity index (χ0v) is 17.3. The molecule has 0 aliphatic carbocycles. The summed E-state index contributed by atoms with van der Waals surface area (Å²) in [5.74, 6) is 1.35. The molecule has 0 radical (unpaired) electrons. The van der Waals surface area contributed by atoms with E-state index in [9.17, 15) is 4.79 Å². The molecule has 0 spiro atoms. The molecule has 8 nitrogen and oxygen atoms in total. The monoisotopic (exact) mass is 435 g/mol. The van der Waals surface area contributed by atoms with E-state index in [4.69, 9.17) is 20.9 Å². The van der Waals surface area contributed by atoms with Crippen LogP contribution in [0.2, 0.25) is 5.02 Å². The Morgan fingerprint density at radius 2 is 1.97 bits per heavy atom. The van der Waals surface area contributed by atoms with Crippen LogP contribution in [0.1, 0.15) is 33.7 Å². The average Bonchev–Trinajstić information content (AvgIpc) is 3.47. The molecule has 1 aliphatic rings. The highest BCUT2D eigenvalue weighted by atomic mass is 35.5. The summed E-state index contributed by atoms with van der Waals surface area (Å²) >= 11 is 5.97. The van der Waals surface area contributed by atoms with Gasteiger partial charge in [0.25, 0.3) is 5.91 Å². The van der Waals surface area contributed by atoms with Gasteiger partial charge in [-0.05, 0) is 48.5 Å². The van der Waals surface area contributed by atoms with Gasteiger partial charge in [-0.15, -0.1) is 0 Å². The third kappa shape index (κ3) is 3.66. The van der Waals surface area contributed by atoms with Crippen molar-refractivity contribution >= 4 is 17.5 Å². The number of aromatic nitrogens is 4. The van der Waals surface area contributed by atoms with Gasteiger partial charge in [0, 0.05) is 22.6 Å². The lowest BCUT2D eigenvalue weighted by molar-refractivity contribution is 0.0589. The number of H-pyrrole nitrogens is 1. The second-order valence-corrected chi connectivity index (χ2v) is 7.61. The predicted molar refractivity (Wildman–Crippen MR) is 113 cm³/mol. The van der Waals surface area contributed by atoms with Gasteiger partial charge in [-0.25, -0.2) is 4.98 Å². The van der Waals surface area contributed by atoms with Crippen LogP contribution in [0, 0.1) is 0 Å². The number of fused-ring (bicyclic) bond motifs is 1. The van der Waals surface area contributed by atoms with Gasteiger partial charge in [-0.2, -0.15) is 4.98 Å². The van der Waals surface area contributed by atoms with Crippen molar-refractivity contribution in [2.24, 2.45) is 0 Å². The number of aromatic amines is 1. The maximum Gasteiger partial charge on any atom is 0.254 e. The molecule has 1 unspecified atom stereocenters. The van der Waals surface area contributed by atoms with Crippen LogP contribution in [0.3, 0.4) is 0 Å². The van der Waals surface area contributed by atoms with Crippen LogP contribution >= 0.6 is 11.6 Å². The average molecular weight is 436 g/mol. The van der Waals surface area contributed by atoms with E-state index in [1.165, 1.54) is 0 Å². The minimum absolute atomic E-state index is 0.140. The summed E-state index contributed by atoms with van der Waals surface area (Å²) in [5.41, 5.74) is 3.11. The number of benzene rings is 2. The van der Waals surface area contributed by atoms with E-state index in [1.807, 2.05) is 12.1 Å². The molecule has 9 heteroatoms. The summed E-state index contributed by atoms with van der Waals surface area (Å²) in [6.07, 6.45) is 2.11. The number of nitrogens with one attached hydrogen (secondary N) is 1. The number of methoxy groups -OCH3 is 1. The summed E-state index contributed by atoms with van der Waals surface area (Å²) in [5, 5.41) is 4.74. The third-order valence-corrected chi connectivity index (χ3v) is 5.58. The molecule has 3 heterocycles. The summed E-state index contributed by atoms with van der Waals surface area (Å²) < 4.78 is 10.8. The van der Waals surface area contributed by atoms with Crippen molar-refractivity contribution in [2.75, 3.05) is 7.11 Å². The first-order valence-corrected chi connectivity index (χ1v) is 10.1. The van der Waals surface area contributed by atoms with Gasteiger partial charge < -0.3 is 19.1 Å². The number of hydrogen-bond donors (Lipinski definition) is 1. The summed E-state index contributed by atoms with van der Waals surface area (Å²) in [7, 11) is 1.59. The first-order chi connectivity index (χ1) is 15.1. The van der Waals surface area contributed by atoms with Gasteiger partial charge in [0.2, 0.25) is 11.7 Å². The highest BCUT2D eigenvalue weighted by Crippen LogP contribution is 2.33. The Bertz CT molecular complexity index is 1220. The Balaban J connectivity index is 1.49. The molecule has 2 aromatic heterocycles. The largest absolute Gasteiger partial charge is 0.497 e. The van der Waals surface area contributed by atoms with E-state index < -0.39 is 6.04 Å². The molecule has 2 aromatic carbocycles. The van der Waals surface area contributed by atoms with Crippen molar-refractivity contribution in [1.29, 1.82) is 0 Å². The van der Waals surface area contributed by atoms with Crippen LogP contribution in [0.5, 0.6) is 5.75 Å². The molecule has 0 saturated heterocycles. The fourth-order valence-electron chi connectivity index (χ4n) is 3.66. The minimum atomic E-state index is -0.432. The van der Waals surface area contributed by atoms with Crippen LogP contribution in [0.15, 0.2) is 59.4 Å². The standard InChI is InChI=1S/C22H18ClN5O3/c1-30-16-8-4-14(5-9-16)22(29)28-11-18-17(24-12-25-18)10-19(28)21-26-20(27-31-21)13-2-6-15(23)7-3-13/h2-9,12,19H,10-11H2,1H3,(H,24,25). The zero-order valence-electron chi connectivity index (χ0n) is 16.6. The number of imidazole rings is 1. The SMILES string of the molecule is COc1ccc(C(=O)N2Cc3[nH]cnc3CC2c2nc(-c3ccc(Cl)cc3)no2)cc1. The lowest BCUT2D eigenvalue weighted by atomic mass is 10.0. The number of ether oxygens (including phenoxy) is 1. The van der Waals surface area contributed by atoms with E-state index in [-0.39, 0.29) is 5.91 Å². The molecule has 1 aliphatic heterocycles. The van der Waals surface area contributed by atoms with E-state index in [0.29, 0.717) is 41.0 Å². The number of carbonyl (C=O) groups is 1. The van der Waals surface area contributed by atoms with Crippen LogP contribution in [-0.4, -0.2) is 38.0 Å². The lowest BCUT2D eigenvalue weighted by Gasteiger charge is -2.32. The summed E-state index contributed by atoms with van der Waals surface area (Å²) in [6.45, 7) is 0.365. The summed E-state index contributed by atoms with van der Waals surface area (Å²) in [4.78, 5) is 27.2. The van der Waals surface area contributed by atoms with Gasteiger partial charge in [0.1, 0.15) is 11.8 Å². The Kier molecular flexibility index (Phi) is 4.91. The molecule has 4 aromatic rings. The van der Waals surface area contributed by atoms with Crippen molar-refractivity contribution in [2.45, 2.75) is 19.0 Å². The number of hydrogen-bond acceptors (Lipinski definition) is 6. The van der Waals surface area contributed by atoms with Gasteiger partial charge >= 0.3 is 0 Å². The van der Waals surface area contributed by atoms with Crippen molar-refractivity contribution in [1.82, 2.24) is 25.0 Å². The van der Waals surface area contributed by atoms with Gasteiger partial charge in [0.15, 0.2) is 0 Å². The maximum atomic E-state index is 13.4. The molecule has 1 N–H and O–H groups in total. The van der Waals surface area contributed by atoms with E-state index in [0.717, 1.165) is 17.0 Å². The van der Waals surface area contributed by atoms with E-state index in [2.05, 4.69) is 20.1 Å². The normalized spacial score (nSPS) is 15.5. The molecule has 0 saturated carbocycles. The summed E-state index contributed by atoms with van der Waals surface area (Å²) in [6, 6.07) is 13.8. The fourth-order valence-corrected chi connectivity index (χ4v) is 3.78. The first kappa shape index (κ1) is 19.3. The highest BCUT2D eigenvalue weighted by Gasteiger charge is 2.36. The Hall–Kier alpha value is -3.65. The second kappa shape index (κ2) is 7.88. The quantitative estimate of drug-likeness (QED) is 0.519. The number of carbonyl (C=O) groups excluding carboxylic acids is 1. The maximum absolute atomic E-state index is 13.4. The van der Waals surface area contributed by atoms with Crippen LogP contribution in [0.4, 0.5) is 0 Å². The zero-order chi connectivity index (χ0) is 21.4. The first-order valence-electron chi connectivity index (χ1n) is 9.68. The van der Waals surface area contributed by atoms with Gasteiger partial charge in [-0.3, -0.25) is 4.79 Å². The lowest BCUT2D eigenvalue weighted by Crippen LogP contribution is -2.39. The molecular formula is C22H18ClN5O3. The number of nitrogens with zero attached hydrogens (tertiary/aromatic N) is 4. The molecule has 1 atom stereocenters. The molecule has 31 heavy (non-hydrogen) atoms. The number of amides is 1. The molecule has 0 fully saturated rings. The van der Waals surface area contributed by atoms with Crippen molar-refractivity contribution in [3.63, 3.8) is 0 Å². The van der Waals surface area contributed by atoms with Crippen LogP contribution < -0.4 is 4.74 Å². The molecular weight excluding hydrogens is 418 g/mol. The van der Waals surface area contributed by atoms with Gasteiger partial charge in [-0.1, -0.05) is 16.8 Å². The Morgan fingerprint density at radius 3 is 2.71 bits per heavy atom. The molecule has 5 rings (SSSR count). The van der Waals surface area contributed by atoms with Crippen molar-refractivity contribution in [3.05, 3.63) is 82.7 Å². The van der Waals surface area contributed by atoms with Crippen molar-refractivity contribution < 1.29 is 14.1 Å². The highest BCUT2D eigenvalue weighted by molar-refractivity contribution is 6.30. The predicted octanol–water partition coefficient (Wildman–Crippen LogP) is 4.06. The smallest absolute Gasteiger partial charge is 0.254 e. The number of halogens is 1. The number of rotatable bonds is 4. The Morgan fingerprint density at radius 1 is 1.19 bits per heavy atom. The van der Waals surface area contributed by atoms with Gasteiger partial charge in [0.05, 0.1) is 31.4 Å². The Labute approximate surface area is 182 Å². The van der Waals surface area contributed by atoms with E-state index in [1.54, 1.807) is 54.7 Å². The topological polar surface area (TPSA) is 97.1 Å². The fraction of sp³-hybridized carbons (Fsp3) is 0.182. The van der Waals surface area contributed by atoms with Crippen LogP contribution in [0.25, 0.3) is 11.4 Å². The van der Waals surface area contributed by atoms with Crippen LogP contribution in [-0.2, 0) is 13.0 Å². The third-order valence-electron chi connectivity index (χ3n) is 5.33. The molecule has 0 bridgehead atoms. The molecule has 156 valence electrons. The minimum Gasteiger partial charge on any atom is -0.497 e.